The molecule has 0 aliphatic carbocycles. The van der Waals surface area contributed by atoms with Gasteiger partial charge in [0.25, 0.3) is 0 Å². The van der Waals surface area contributed by atoms with E-state index in [0.717, 1.165) is 11.1 Å². The molecule has 0 bridgehead atoms. The Morgan fingerprint density at radius 1 is 0.938 bits per heavy atom. The molecule has 16 heavy (non-hydrogen) atoms. The van der Waals surface area contributed by atoms with Crippen molar-refractivity contribution in [3.63, 3.8) is 0 Å². The number of rotatable bonds is 1. The minimum absolute atomic E-state index is 0.830. The van der Waals surface area contributed by atoms with Crippen LogP contribution in [0.25, 0.3) is 0 Å². The van der Waals surface area contributed by atoms with Gasteiger partial charge in [0.15, 0.2) is 0 Å². The Hall–Kier alpha value is -1.79. The van der Waals surface area contributed by atoms with Crippen molar-refractivity contribution in [2.75, 3.05) is 6.26 Å². The molecular weight excluding hydrogens is 216 g/mol. The fourth-order valence-electron chi connectivity index (χ4n) is 1.18. The fraction of sp³-hybridized carbons (Fsp3) is 0.0769. The van der Waals surface area contributed by atoms with E-state index in [2.05, 4.69) is 40.2 Å². The molecule has 78 valence electrons. The molecule has 0 amide bonds. The lowest BCUT2D eigenvalue weighted by molar-refractivity contribution is 1.16. The third kappa shape index (κ3) is 2.85. The number of aromatic nitrogens is 2. The summed E-state index contributed by atoms with van der Waals surface area (Å²) in [6.07, 6.45) is 6.97. The summed E-state index contributed by atoms with van der Waals surface area (Å²) in [4.78, 5) is 9.06. The van der Waals surface area contributed by atoms with Crippen LogP contribution >= 0.6 is 11.8 Å². The second-order valence-corrected chi connectivity index (χ2v) is 3.99. The first kappa shape index (κ1) is 10.7. The molecule has 1 aromatic heterocycles. The van der Waals surface area contributed by atoms with Crippen LogP contribution in [0.3, 0.4) is 0 Å². The van der Waals surface area contributed by atoms with Gasteiger partial charge < -0.3 is 0 Å². The average Bonchev–Trinajstić information content (AvgIpc) is 2.38. The van der Waals surface area contributed by atoms with Crippen molar-refractivity contribution in [2.24, 2.45) is 0 Å². The van der Waals surface area contributed by atoms with Gasteiger partial charge in [0.05, 0.1) is 5.56 Å². The molecule has 0 saturated carbocycles. The third-order valence-electron chi connectivity index (χ3n) is 2.00. The summed E-state index contributed by atoms with van der Waals surface area (Å²) >= 11 is 1.72. The van der Waals surface area contributed by atoms with Crippen molar-refractivity contribution < 1.29 is 0 Å². The van der Waals surface area contributed by atoms with Crippen LogP contribution in [0.1, 0.15) is 11.1 Å². The minimum Gasteiger partial charge on any atom is -0.244 e. The van der Waals surface area contributed by atoms with Gasteiger partial charge in [0.2, 0.25) is 0 Å². The van der Waals surface area contributed by atoms with Crippen LogP contribution in [0.5, 0.6) is 0 Å². The maximum atomic E-state index is 3.91. The predicted octanol–water partition coefficient (Wildman–Crippen LogP) is 2.60. The normalized spacial score (nSPS) is 9.31. The monoisotopic (exact) mass is 226 g/mol. The maximum absolute atomic E-state index is 3.91. The van der Waals surface area contributed by atoms with Gasteiger partial charge in [0, 0.05) is 22.9 Å². The molecule has 1 aromatic carbocycles. The summed E-state index contributed by atoms with van der Waals surface area (Å²) in [7, 11) is 0. The van der Waals surface area contributed by atoms with E-state index >= 15 is 0 Å². The Bertz CT molecular complexity index is 509. The van der Waals surface area contributed by atoms with Gasteiger partial charge in [-0.2, -0.15) is 0 Å². The first-order valence-corrected chi connectivity index (χ1v) is 6.02. The minimum atomic E-state index is 0.830. The average molecular weight is 226 g/mol. The molecule has 2 rings (SSSR count). The molecule has 0 unspecified atom stereocenters. The fourth-order valence-corrected chi connectivity index (χ4v) is 1.59. The number of hydrogen-bond donors (Lipinski definition) is 0. The van der Waals surface area contributed by atoms with Crippen molar-refractivity contribution in [3.8, 4) is 11.8 Å². The molecule has 0 saturated heterocycles. The van der Waals surface area contributed by atoms with E-state index in [9.17, 15) is 0 Å². The van der Waals surface area contributed by atoms with Crippen molar-refractivity contribution in [1.82, 2.24) is 9.97 Å². The lowest BCUT2D eigenvalue weighted by atomic mass is 10.2. The highest BCUT2D eigenvalue weighted by Gasteiger charge is 1.89. The van der Waals surface area contributed by atoms with E-state index in [-0.39, 0.29) is 0 Å². The lowest BCUT2D eigenvalue weighted by Crippen LogP contribution is -1.80. The smallest absolute Gasteiger partial charge is 0.115 e. The van der Waals surface area contributed by atoms with E-state index in [1.54, 1.807) is 24.2 Å². The molecule has 0 N–H and O–H groups in total. The largest absolute Gasteiger partial charge is 0.244 e. The Morgan fingerprint density at radius 2 is 1.56 bits per heavy atom. The Kier molecular flexibility index (Phi) is 3.58. The quantitative estimate of drug-likeness (QED) is 0.552. The molecule has 0 atom stereocenters. The second kappa shape index (κ2) is 5.34. The van der Waals surface area contributed by atoms with E-state index in [4.69, 9.17) is 0 Å². The molecule has 0 fully saturated rings. The number of nitrogens with zero attached hydrogens (tertiary/aromatic N) is 2. The highest BCUT2D eigenvalue weighted by molar-refractivity contribution is 7.98. The molecular formula is C13H10N2S. The van der Waals surface area contributed by atoms with Gasteiger partial charge in [-0.15, -0.1) is 11.8 Å². The van der Waals surface area contributed by atoms with Crippen LogP contribution in [0.15, 0.2) is 47.9 Å². The number of thioether (sulfide) groups is 1. The maximum Gasteiger partial charge on any atom is 0.115 e. The number of hydrogen-bond acceptors (Lipinski definition) is 3. The summed E-state index contributed by atoms with van der Waals surface area (Å²) in [5.74, 6) is 6.09. The SMILES string of the molecule is CSc1ccc(C#Cc2cncnc2)cc1. The zero-order valence-corrected chi connectivity index (χ0v) is 9.66. The van der Waals surface area contributed by atoms with E-state index in [1.807, 2.05) is 12.1 Å². The lowest BCUT2D eigenvalue weighted by Gasteiger charge is -1.94. The summed E-state index contributed by atoms with van der Waals surface area (Å²) in [5, 5.41) is 0. The van der Waals surface area contributed by atoms with Crippen LogP contribution in [0.2, 0.25) is 0 Å². The molecule has 0 radical (unpaired) electrons. The van der Waals surface area contributed by atoms with Crippen LogP contribution in [0, 0.1) is 11.8 Å². The zero-order valence-electron chi connectivity index (χ0n) is 8.84. The third-order valence-corrected chi connectivity index (χ3v) is 2.75. The van der Waals surface area contributed by atoms with E-state index in [1.165, 1.54) is 11.2 Å². The molecule has 0 aliphatic rings. The standard InChI is InChI=1S/C13H10N2S/c1-16-13-6-4-11(5-7-13)2-3-12-8-14-10-15-9-12/h4-10H,1H3. The predicted molar refractivity (Wildman–Crippen MR) is 66.2 cm³/mol. The van der Waals surface area contributed by atoms with Crippen molar-refractivity contribution in [1.29, 1.82) is 0 Å². The van der Waals surface area contributed by atoms with Crippen molar-refractivity contribution in [3.05, 3.63) is 54.1 Å². The molecule has 3 heteroatoms. The van der Waals surface area contributed by atoms with Crippen LogP contribution < -0.4 is 0 Å². The van der Waals surface area contributed by atoms with Gasteiger partial charge in [-0.3, -0.25) is 0 Å². The first-order chi connectivity index (χ1) is 7.88. The first-order valence-electron chi connectivity index (χ1n) is 4.79. The summed E-state index contributed by atoms with van der Waals surface area (Å²) in [6, 6.07) is 8.16. The van der Waals surface area contributed by atoms with E-state index < -0.39 is 0 Å². The van der Waals surface area contributed by atoms with Gasteiger partial charge in [-0.25, -0.2) is 9.97 Å². The number of benzene rings is 1. The Labute approximate surface area is 99.1 Å². The highest BCUT2D eigenvalue weighted by Crippen LogP contribution is 2.14. The molecule has 0 aliphatic heterocycles. The van der Waals surface area contributed by atoms with Gasteiger partial charge >= 0.3 is 0 Å². The summed E-state index contributed by atoms with van der Waals surface area (Å²) in [5.41, 5.74) is 1.83. The van der Waals surface area contributed by atoms with Crippen molar-refractivity contribution >= 4 is 11.8 Å². The van der Waals surface area contributed by atoms with Crippen LogP contribution in [0.4, 0.5) is 0 Å². The summed E-state index contributed by atoms with van der Waals surface area (Å²) in [6.45, 7) is 0. The zero-order chi connectivity index (χ0) is 11.2. The van der Waals surface area contributed by atoms with Crippen LogP contribution in [-0.4, -0.2) is 16.2 Å². The van der Waals surface area contributed by atoms with E-state index in [0.29, 0.717) is 0 Å². The topological polar surface area (TPSA) is 25.8 Å². The van der Waals surface area contributed by atoms with Crippen LogP contribution in [-0.2, 0) is 0 Å². The second-order valence-electron chi connectivity index (χ2n) is 3.11. The van der Waals surface area contributed by atoms with Crippen molar-refractivity contribution in [2.45, 2.75) is 4.90 Å². The van der Waals surface area contributed by atoms with Gasteiger partial charge in [-0.05, 0) is 30.5 Å². The molecule has 2 nitrogen and oxygen atoms in total. The summed E-state index contributed by atoms with van der Waals surface area (Å²) < 4.78 is 0. The molecule has 2 aromatic rings. The molecule has 1 heterocycles. The Morgan fingerprint density at radius 3 is 2.19 bits per heavy atom. The highest BCUT2D eigenvalue weighted by atomic mass is 32.2. The molecule has 0 spiro atoms. The van der Waals surface area contributed by atoms with Gasteiger partial charge in [0.1, 0.15) is 6.33 Å². The van der Waals surface area contributed by atoms with Gasteiger partial charge in [-0.1, -0.05) is 11.8 Å². The Balaban J connectivity index is 2.18.